The van der Waals surface area contributed by atoms with Gasteiger partial charge in [-0.1, -0.05) is 58.4 Å². The van der Waals surface area contributed by atoms with Crippen molar-refractivity contribution in [3.05, 3.63) is 94.4 Å². The number of aromatic nitrogens is 7. The number of nitrogens with one attached hydrogen (secondary N) is 1. The number of methoxy groups -OCH3 is 1. The van der Waals surface area contributed by atoms with Crippen LogP contribution in [0.3, 0.4) is 0 Å². The minimum Gasteiger partial charge on any atom is -0.497 e. The molecule has 39 heavy (non-hydrogen) atoms. The Bertz CT molecular complexity index is 1630. The maximum Gasteiger partial charge on any atom is 0.333 e. The van der Waals surface area contributed by atoms with Gasteiger partial charge in [0.15, 0.2) is 5.82 Å². The fourth-order valence-electron chi connectivity index (χ4n) is 4.85. The number of aryl methyl sites for hydroxylation is 1. The lowest BCUT2D eigenvalue weighted by molar-refractivity contribution is 0.412. The molecule has 3 heterocycles. The molecule has 0 saturated heterocycles. The number of H-pyrrole nitrogens is 1. The van der Waals surface area contributed by atoms with Gasteiger partial charge in [0, 0.05) is 35.4 Å². The third kappa shape index (κ3) is 5.25. The van der Waals surface area contributed by atoms with Crippen LogP contribution in [-0.4, -0.2) is 41.9 Å². The molecule has 5 rings (SSSR count). The van der Waals surface area contributed by atoms with E-state index in [9.17, 15) is 4.79 Å². The van der Waals surface area contributed by atoms with Crippen molar-refractivity contribution in [2.45, 2.75) is 52.5 Å². The molecular weight excluding hydrogens is 490 g/mol. The minimum atomic E-state index is -0.168. The number of rotatable bonds is 8. The van der Waals surface area contributed by atoms with Crippen molar-refractivity contribution in [1.29, 1.82) is 0 Å². The Labute approximate surface area is 227 Å². The van der Waals surface area contributed by atoms with E-state index in [1.54, 1.807) is 24.1 Å². The van der Waals surface area contributed by atoms with E-state index < -0.39 is 0 Å². The van der Waals surface area contributed by atoms with E-state index in [4.69, 9.17) is 4.74 Å². The van der Waals surface area contributed by atoms with E-state index in [-0.39, 0.29) is 11.1 Å². The second kappa shape index (κ2) is 10.7. The first-order chi connectivity index (χ1) is 18.8. The first-order valence-electron chi connectivity index (χ1n) is 13.1. The number of imidazole rings is 1. The standard InChI is InChI=1S/C30H33N7O2/c1-6-7-22-19-37(27-13-12-23(39-5)16-26(27)30(2,3)4)29(38)36(22)18-20-8-10-21(11-9-20)25-17-31-15-14-24(25)28-32-34-35-33-28/h8-17,19H,6-7,18H2,1-5H3,(H,32,33,34,35). The molecule has 0 spiro atoms. The summed E-state index contributed by atoms with van der Waals surface area (Å²) >= 11 is 0. The summed E-state index contributed by atoms with van der Waals surface area (Å²) < 4.78 is 9.14. The molecule has 0 aliphatic carbocycles. The van der Waals surface area contributed by atoms with Crippen LogP contribution in [0, 0.1) is 0 Å². The molecule has 0 fully saturated rings. The van der Waals surface area contributed by atoms with Crippen LogP contribution in [-0.2, 0) is 18.4 Å². The second-order valence-corrected chi connectivity index (χ2v) is 10.6. The molecule has 9 nitrogen and oxygen atoms in total. The summed E-state index contributed by atoms with van der Waals surface area (Å²) in [5, 5.41) is 14.3. The van der Waals surface area contributed by atoms with Crippen LogP contribution < -0.4 is 10.4 Å². The Morgan fingerprint density at radius 3 is 2.49 bits per heavy atom. The van der Waals surface area contributed by atoms with Crippen LogP contribution in [0.2, 0.25) is 0 Å². The van der Waals surface area contributed by atoms with E-state index >= 15 is 0 Å². The van der Waals surface area contributed by atoms with Gasteiger partial charge < -0.3 is 4.74 Å². The molecule has 200 valence electrons. The van der Waals surface area contributed by atoms with Crippen LogP contribution in [0.4, 0.5) is 0 Å². The third-order valence-corrected chi connectivity index (χ3v) is 6.87. The first-order valence-corrected chi connectivity index (χ1v) is 13.1. The van der Waals surface area contributed by atoms with Crippen molar-refractivity contribution >= 4 is 0 Å². The topological polar surface area (TPSA) is 104 Å². The zero-order valence-electron chi connectivity index (χ0n) is 23.0. The van der Waals surface area contributed by atoms with Gasteiger partial charge in [0.2, 0.25) is 0 Å². The third-order valence-electron chi connectivity index (χ3n) is 6.87. The quantitative estimate of drug-likeness (QED) is 0.300. The van der Waals surface area contributed by atoms with Gasteiger partial charge in [0.05, 0.1) is 19.3 Å². The summed E-state index contributed by atoms with van der Waals surface area (Å²) in [5.41, 5.74) is 6.55. The molecule has 0 amide bonds. The Morgan fingerprint density at radius 2 is 1.82 bits per heavy atom. The lowest BCUT2D eigenvalue weighted by Gasteiger charge is -2.23. The van der Waals surface area contributed by atoms with E-state index in [1.807, 2.05) is 47.2 Å². The summed E-state index contributed by atoms with van der Waals surface area (Å²) in [7, 11) is 1.66. The number of ether oxygens (including phenoxy) is 1. The number of benzene rings is 2. The number of aromatic amines is 1. The molecule has 5 aromatic rings. The molecule has 0 aliphatic heterocycles. The Hall–Kier alpha value is -4.53. The molecule has 0 unspecified atom stereocenters. The largest absolute Gasteiger partial charge is 0.497 e. The normalized spacial score (nSPS) is 11.6. The molecule has 0 bridgehead atoms. The van der Waals surface area contributed by atoms with Crippen LogP contribution in [0.5, 0.6) is 5.75 Å². The average Bonchev–Trinajstić information content (AvgIpc) is 3.58. The van der Waals surface area contributed by atoms with Crippen LogP contribution in [0.25, 0.3) is 28.2 Å². The molecule has 3 aromatic heterocycles. The summed E-state index contributed by atoms with van der Waals surface area (Å²) in [6, 6.07) is 16.0. The van der Waals surface area contributed by atoms with E-state index in [2.05, 4.69) is 65.4 Å². The Kier molecular flexibility index (Phi) is 7.15. The van der Waals surface area contributed by atoms with E-state index in [0.717, 1.165) is 57.8 Å². The van der Waals surface area contributed by atoms with Crippen molar-refractivity contribution in [3.63, 3.8) is 0 Å². The van der Waals surface area contributed by atoms with Gasteiger partial charge in [0.1, 0.15) is 5.75 Å². The van der Waals surface area contributed by atoms with E-state index in [1.165, 1.54) is 0 Å². The fraction of sp³-hybridized carbons (Fsp3) is 0.300. The molecule has 9 heteroatoms. The van der Waals surface area contributed by atoms with Gasteiger partial charge in [0.25, 0.3) is 0 Å². The van der Waals surface area contributed by atoms with Crippen molar-refractivity contribution in [1.82, 2.24) is 34.7 Å². The number of hydrogen-bond donors (Lipinski definition) is 1. The first kappa shape index (κ1) is 26.1. The summed E-state index contributed by atoms with van der Waals surface area (Å²) in [6.45, 7) is 9.05. The SMILES string of the molecule is CCCc1cn(-c2ccc(OC)cc2C(C)(C)C)c(=O)n1Cc1ccc(-c2cnccc2-c2nnn[nH]2)cc1. The summed E-state index contributed by atoms with van der Waals surface area (Å²) in [6.07, 6.45) is 7.27. The number of pyridine rings is 1. The molecule has 0 radical (unpaired) electrons. The molecular formula is C30H33N7O2. The second-order valence-electron chi connectivity index (χ2n) is 10.6. The molecule has 1 N–H and O–H groups in total. The maximum atomic E-state index is 13.8. The lowest BCUT2D eigenvalue weighted by Crippen LogP contribution is -2.26. The van der Waals surface area contributed by atoms with Crippen molar-refractivity contribution in [2.24, 2.45) is 0 Å². The van der Waals surface area contributed by atoms with Crippen LogP contribution >= 0.6 is 0 Å². The van der Waals surface area contributed by atoms with E-state index in [0.29, 0.717) is 12.4 Å². The summed E-state index contributed by atoms with van der Waals surface area (Å²) in [5.74, 6) is 1.36. The average molecular weight is 524 g/mol. The highest BCUT2D eigenvalue weighted by Gasteiger charge is 2.23. The van der Waals surface area contributed by atoms with Gasteiger partial charge in [-0.25, -0.2) is 9.89 Å². The van der Waals surface area contributed by atoms with Crippen molar-refractivity contribution < 1.29 is 4.74 Å². The number of hydrogen-bond acceptors (Lipinski definition) is 6. The molecule has 0 aliphatic rings. The predicted octanol–water partition coefficient (Wildman–Crippen LogP) is 5.19. The highest BCUT2D eigenvalue weighted by molar-refractivity contribution is 5.79. The molecule has 2 aromatic carbocycles. The molecule has 0 saturated carbocycles. The molecule has 0 atom stereocenters. The van der Waals surface area contributed by atoms with Gasteiger partial charge in [-0.05, 0) is 63.2 Å². The maximum absolute atomic E-state index is 13.8. The fourth-order valence-corrected chi connectivity index (χ4v) is 4.85. The van der Waals surface area contributed by atoms with Gasteiger partial charge in [-0.2, -0.15) is 0 Å². The Balaban J connectivity index is 1.51. The van der Waals surface area contributed by atoms with Gasteiger partial charge in [-0.3, -0.25) is 14.1 Å². The van der Waals surface area contributed by atoms with Gasteiger partial charge >= 0.3 is 5.69 Å². The zero-order chi connectivity index (χ0) is 27.6. The van der Waals surface area contributed by atoms with Crippen LogP contribution in [0.15, 0.2) is 71.9 Å². The minimum absolute atomic E-state index is 0.0504. The highest BCUT2D eigenvalue weighted by atomic mass is 16.5. The zero-order valence-corrected chi connectivity index (χ0v) is 23.0. The van der Waals surface area contributed by atoms with Crippen LogP contribution in [0.1, 0.15) is 50.9 Å². The number of tetrazole rings is 1. The lowest BCUT2D eigenvalue weighted by atomic mass is 9.85. The predicted molar refractivity (Wildman–Crippen MR) is 151 cm³/mol. The Morgan fingerprint density at radius 1 is 1.03 bits per heavy atom. The summed E-state index contributed by atoms with van der Waals surface area (Å²) in [4.78, 5) is 18.1. The highest BCUT2D eigenvalue weighted by Crippen LogP contribution is 2.32. The monoisotopic (exact) mass is 523 g/mol. The van der Waals surface area contributed by atoms with Crippen molar-refractivity contribution in [2.75, 3.05) is 7.11 Å². The van der Waals surface area contributed by atoms with Crippen molar-refractivity contribution in [3.8, 4) is 34.0 Å². The van der Waals surface area contributed by atoms with Gasteiger partial charge in [-0.15, -0.1) is 5.10 Å². The number of nitrogens with zero attached hydrogens (tertiary/aromatic N) is 6. The smallest absolute Gasteiger partial charge is 0.333 e.